The highest BCUT2D eigenvalue weighted by atomic mass is 17.3. The van der Waals surface area contributed by atoms with Gasteiger partial charge in [0.1, 0.15) is 29.9 Å². The summed E-state index contributed by atoms with van der Waals surface area (Å²) >= 11 is 0. The van der Waals surface area contributed by atoms with Crippen LogP contribution in [0.3, 0.4) is 0 Å². The van der Waals surface area contributed by atoms with Crippen LogP contribution < -0.4 is 0 Å². The lowest BCUT2D eigenvalue weighted by atomic mass is 9.47. The first kappa shape index (κ1) is 30.3. The number of aliphatic hydroxyl groups is 5. The zero-order valence-corrected chi connectivity index (χ0v) is 24.5. The summed E-state index contributed by atoms with van der Waals surface area (Å²) in [6.45, 7) is 5.31. The van der Waals surface area contributed by atoms with Crippen LogP contribution in [0.2, 0.25) is 0 Å². The summed E-state index contributed by atoms with van der Waals surface area (Å²) in [4.78, 5) is 38.0. The Hall–Kier alpha value is -1.70. The number of carbonyl (C=O) groups excluding carboxylic acids is 2. The summed E-state index contributed by atoms with van der Waals surface area (Å²) < 4.78 is 11.6. The number of ketones is 2. The van der Waals surface area contributed by atoms with Crippen LogP contribution in [0.15, 0.2) is 23.5 Å². The molecule has 5 N–H and O–H groups in total. The van der Waals surface area contributed by atoms with Gasteiger partial charge in [0.15, 0.2) is 12.1 Å². The number of rotatable bonds is 6. The molecule has 3 saturated carbocycles. The predicted molar refractivity (Wildman–Crippen MR) is 145 cm³/mol. The molecule has 2 heterocycles. The van der Waals surface area contributed by atoms with Gasteiger partial charge in [-0.25, -0.2) is 4.89 Å². The fourth-order valence-corrected chi connectivity index (χ4v) is 9.53. The molecule has 0 amide bonds. The lowest BCUT2D eigenvalue weighted by Gasteiger charge is -2.57. The highest BCUT2D eigenvalue weighted by molar-refractivity contribution is 5.99. The van der Waals surface area contributed by atoms with Gasteiger partial charge in [0, 0.05) is 18.4 Å². The number of allylic oxidation sites excluding steroid dienone is 3. The van der Waals surface area contributed by atoms with Gasteiger partial charge in [0.05, 0.1) is 18.4 Å². The van der Waals surface area contributed by atoms with Gasteiger partial charge in [0.25, 0.3) is 5.79 Å². The van der Waals surface area contributed by atoms with Gasteiger partial charge in [-0.15, -0.1) is 0 Å². The quantitative estimate of drug-likeness (QED) is 0.287. The van der Waals surface area contributed by atoms with Crippen molar-refractivity contribution in [3.63, 3.8) is 0 Å². The van der Waals surface area contributed by atoms with Crippen molar-refractivity contribution < 1.29 is 54.4 Å². The van der Waals surface area contributed by atoms with Crippen molar-refractivity contribution in [2.45, 2.75) is 115 Å². The predicted octanol–water partition coefficient (Wildman–Crippen LogP) is 2.36. The molecule has 42 heavy (non-hydrogen) atoms. The Morgan fingerprint density at radius 2 is 1.83 bits per heavy atom. The molecule has 12 atom stereocenters. The Morgan fingerprint density at radius 1 is 1.07 bits per heavy atom. The molecule has 11 heteroatoms. The molecule has 2 saturated heterocycles. The first-order valence-electron chi connectivity index (χ1n) is 15.4. The van der Waals surface area contributed by atoms with Crippen molar-refractivity contribution in [1.29, 1.82) is 0 Å². The lowest BCUT2D eigenvalue weighted by molar-refractivity contribution is -0.478. The molecular weight excluding hydrogens is 548 g/mol. The molecule has 2 aliphatic heterocycles. The Balaban J connectivity index is 1.25. The van der Waals surface area contributed by atoms with Gasteiger partial charge in [0.2, 0.25) is 5.79 Å². The van der Waals surface area contributed by atoms with Crippen molar-refractivity contribution in [1.82, 2.24) is 0 Å². The Morgan fingerprint density at radius 3 is 2.55 bits per heavy atom. The van der Waals surface area contributed by atoms with E-state index in [0.29, 0.717) is 19.3 Å². The van der Waals surface area contributed by atoms with Crippen molar-refractivity contribution >= 4 is 11.6 Å². The van der Waals surface area contributed by atoms with E-state index in [0.717, 1.165) is 37.7 Å². The number of hydrogen-bond acceptors (Lipinski definition) is 11. The minimum Gasteiger partial charge on any atom is -0.508 e. The van der Waals surface area contributed by atoms with Gasteiger partial charge in [-0.2, -0.15) is 4.89 Å². The second-order valence-corrected chi connectivity index (χ2v) is 13.8. The first-order chi connectivity index (χ1) is 19.8. The van der Waals surface area contributed by atoms with Crippen LogP contribution in [-0.4, -0.2) is 79.9 Å². The maximum atomic E-state index is 14.2. The van der Waals surface area contributed by atoms with E-state index in [4.69, 9.17) is 19.2 Å². The Kier molecular flexibility index (Phi) is 7.54. The van der Waals surface area contributed by atoms with E-state index in [2.05, 4.69) is 6.92 Å². The number of fused-ring (bicyclic) bond motifs is 5. The van der Waals surface area contributed by atoms with E-state index in [1.165, 1.54) is 6.08 Å². The van der Waals surface area contributed by atoms with E-state index in [9.17, 15) is 35.1 Å². The molecule has 1 spiro atoms. The number of aliphatic hydroxyl groups excluding tert-OH is 4. The maximum absolute atomic E-state index is 14.2. The first-order valence-corrected chi connectivity index (χ1v) is 15.4. The molecule has 4 unspecified atom stereocenters. The molecule has 5 fully saturated rings. The van der Waals surface area contributed by atoms with Crippen molar-refractivity contribution in [2.24, 2.45) is 34.5 Å². The minimum absolute atomic E-state index is 0.0152. The molecule has 0 radical (unpaired) electrons. The van der Waals surface area contributed by atoms with E-state index in [1.807, 2.05) is 13.8 Å². The second-order valence-electron chi connectivity index (χ2n) is 13.8. The Labute approximate surface area is 245 Å². The lowest BCUT2D eigenvalue weighted by Crippen LogP contribution is -2.74. The third-order valence-corrected chi connectivity index (χ3v) is 11.8. The SMILES string of the molecule is CCCC1OO[C@]2(O1)[C@@H](O)[C@H](O)[C@@H](CO)O[C@]2(O)CC(=O)[C@H]1CCC2C3CCC4=CC(O)=CC(=O)[C@]4(C)C3CC[C@@]21C. The minimum atomic E-state index is -2.54. The molecule has 0 aromatic heterocycles. The van der Waals surface area contributed by atoms with E-state index >= 15 is 0 Å². The highest BCUT2D eigenvalue weighted by Crippen LogP contribution is 2.66. The van der Waals surface area contributed by atoms with E-state index in [-0.39, 0.29) is 40.5 Å². The van der Waals surface area contributed by atoms with E-state index < -0.39 is 60.5 Å². The maximum Gasteiger partial charge on any atom is 0.287 e. The molecule has 0 aromatic carbocycles. The van der Waals surface area contributed by atoms with Crippen LogP contribution in [-0.2, 0) is 28.8 Å². The summed E-state index contributed by atoms with van der Waals surface area (Å²) in [5.41, 5.74) is -0.0423. The summed E-state index contributed by atoms with van der Waals surface area (Å²) in [5, 5.41) is 53.4. The van der Waals surface area contributed by atoms with Gasteiger partial charge in [-0.05, 0) is 74.7 Å². The fraction of sp³-hybridized carbons (Fsp3) is 0.806. The molecule has 11 nitrogen and oxygen atoms in total. The topological polar surface area (TPSA) is 172 Å². The monoisotopic (exact) mass is 592 g/mol. The summed E-state index contributed by atoms with van der Waals surface area (Å²) in [5.74, 6) is -5.11. The molecule has 6 aliphatic rings. The highest BCUT2D eigenvalue weighted by Gasteiger charge is 2.72. The van der Waals surface area contributed by atoms with Crippen LogP contribution in [0.4, 0.5) is 0 Å². The average Bonchev–Trinajstić information content (AvgIpc) is 3.53. The van der Waals surface area contributed by atoms with Crippen molar-refractivity contribution in [3.05, 3.63) is 23.5 Å². The summed E-state index contributed by atoms with van der Waals surface area (Å²) in [6, 6.07) is 0. The average molecular weight is 593 g/mol. The van der Waals surface area contributed by atoms with Gasteiger partial charge in [-0.1, -0.05) is 25.8 Å². The number of ether oxygens (including phenoxy) is 2. The molecule has 234 valence electrons. The standard InChI is InChI=1S/C31H44O11/c1-4-5-25-40-31(42-41-25)27(37)26(36)23(15-32)39-30(31,38)14-22(34)21-9-8-19-18-7-6-16-12-17(33)13-24(35)29(16,3)20(18)10-11-28(19,21)2/h12-13,18-21,23,25-27,32-33,36-38H,4-11,14-15H2,1-3H3/t18?,19?,20?,21-,23-,25?,26-,27+,28+,29+,30-,31-/m1/s1. The summed E-state index contributed by atoms with van der Waals surface area (Å²) in [7, 11) is 0. The van der Waals surface area contributed by atoms with Crippen molar-refractivity contribution in [3.8, 4) is 0 Å². The smallest absolute Gasteiger partial charge is 0.287 e. The zero-order valence-electron chi connectivity index (χ0n) is 24.5. The Bertz CT molecular complexity index is 1180. The number of Topliss-reactive ketones (excluding diaryl/α,β-unsaturated/α-hetero) is 1. The largest absolute Gasteiger partial charge is 0.508 e. The van der Waals surface area contributed by atoms with Crippen LogP contribution >= 0.6 is 0 Å². The van der Waals surface area contributed by atoms with Crippen LogP contribution in [0.25, 0.3) is 0 Å². The normalized spacial score (nSPS) is 50.1. The van der Waals surface area contributed by atoms with Gasteiger partial charge in [-0.3, -0.25) is 9.59 Å². The molecule has 0 aromatic rings. The molecular formula is C31H44O11. The van der Waals surface area contributed by atoms with Crippen LogP contribution in [0.5, 0.6) is 0 Å². The molecule has 6 rings (SSSR count). The third-order valence-electron chi connectivity index (χ3n) is 11.8. The van der Waals surface area contributed by atoms with Gasteiger partial charge < -0.3 is 35.0 Å². The van der Waals surface area contributed by atoms with E-state index in [1.54, 1.807) is 6.08 Å². The second kappa shape index (κ2) is 10.4. The van der Waals surface area contributed by atoms with Crippen LogP contribution in [0, 0.1) is 34.5 Å². The fourth-order valence-electron chi connectivity index (χ4n) is 9.53. The zero-order chi connectivity index (χ0) is 30.2. The number of carbonyl (C=O) groups is 2. The van der Waals surface area contributed by atoms with Crippen LogP contribution in [0.1, 0.15) is 78.6 Å². The van der Waals surface area contributed by atoms with Gasteiger partial charge >= 0.3 is 0 Å². The molecule has 0 bridgehead atoms. The summed E-state index contributed by atoms with van der Waals surface area (Å²) in [6.07, 6.45) is 2.14. The number of hydrogen-bond donors (Lipinski definition) is 5. The van der Waals surface area contributed by atoms with Crippen molar-refractivity contribution in [2.75, 3.05) is 6.61 Å². The third kappa shape index (κ3) is 4.15. The molecule has 4 aliphatic carbocycles.